The van der Waals surface area contributed by atoms with E-state index in [1.165, 1.54) is 12.1 Å². The van der Waals surface area contributed by atoms with E-state index >= 15 is 0 Å². The molecule has 6 heteroatoms. The van der Waals surface area contributed by atoms with E-state index in [1.54, 1.807) is 6.07 Å². The average Bonchev–Trinajstić information content (AvgIpc) is 2.38. The number of hydrogen-bond acceptors (Lipinski definition) is 3. The molecule has 3 nitrogen and oxygen atoms in total. The van der Waals surface area contributed by atoms with Crippen molar-refractivity contribution in [2.75, 3.05) is 5.32 Å². The number of aromatic nitrogens is 2. The molecule has 0 atom stereocenters. The van der Waals surface area contributed by atoms with E-state index in [-0.39, 0.29) is 11.2 Å². The minimum Gasteiger partial charge on any atom is -0.366 e. The van der Waals surface area contributed by atoms with Gasteiger partial charge in [0.25, 0.3) is 0 Å². The van der Waals surface area contributed by atoms with Crippen LogP contribution in [0.25, 0.3) is 0 Å². The molecule has 21 heavy (non-hydrogen) atoms. The number of halogens is 3. The van der Waals surface area contributed by atoms with Crippen molar-refractivity contribution >= 4 is 37.7 Å². The van der Waals surface area contributed by atoms with Gasteiger partial charge in [-0.3, -0.25) is 0 Å². The fourth-order valence-electron chi connectivity index (χ4n) is 1.71. The van der Waals surface area contributed by atoms with Crippen molar-refractivity contribution in [2.45, 2.75) is 32.7 Å². The highest BCUT2D eigenvalue weighted by molar-refractivity contribution is 9.10. The molecule has 1 N–H and O–H groups in total. The molecular weight excluding hydrogens is 401 g/mol. The van der Waals surface area contributed by atoms with Gasteiger partial charge in [-0.2, -0.15) is 0 Å². The van der Waals surface area contributed by atoms with Crippen LogP contribution in [0.15, 0.2) is 33.3 Å². The van der Waals surface area contributed by atoms with Gasteiger partial charge < -0.3 is 5.32 Å². The zero-order chi connectivity index (χ0) is 15.6. The van der Waals surface area contributed by atoms with Gasteiger partial charge in [0, 0.05) is 22.5 Å². The highest BCUT2D eigenvalue weighted by atomic mass is 79.9. The first-order chi connectivity index (χ1) is 9.75. The van der Waals surface area contributed by atoms with Gasteiger partial charge in [0.05, 0.1) is 0 Å². The lowest BCUT2D eigenvalue weighted by atomic mass is 9.96. The van der Waals surface area contributed by atoms with Crippen LogP contribution in [-0.2, 0) is 12.0 Å². The number of hydrogen-bond donors (Lipinski definition) is 1. The molecule has 2 rings (SSSR count). The molecule has 1 heterocycles. The highest BCUT2D eigenvalue weighted by Crippen LogP contribution is 2.24. The summed E-state index contributed by atoms with van der Waals surface area (Å²) in [6.45, 7) is 6.65. The first-order valence-electron chi connectivity index (χ1n) is 6.48. The van der Waals surface area contributed by atoms with Crippen molar-refractivity contribution in [3.8, 4) is 0 Å². The topological polar surface area (TPSA) is 37.8 Å². The van der Waals surface area contributed by atoms with Crippen LogP contribution in [0.5, 0.6) is 0 Å². The number of rotatable bonds is 3. The van der Waals surface area contributed by atoms with Gasteiger partial charge in [-0.15, -0.1) is 0 Å². The lowest BCUT2D eigenvalue weighted by Crippen LogP contribution is -2.17. The molecule has 1 aromatic heterocycles. The summed E-state index contributed by atoms with van der Waals surface area (Å²) < 4.78 is 14.9. The lowest BCUT2D eigenvalue weighted by molar-refractivity contribution is 0.544. The zero-order valence-corrected chi connectivity index (χ0v) is 15.2. The maximum atomic E-state index is 13.3. The summed E-state index contributed by atoms with van der Waals surface area (Å²) in [7, 11) is 0. The van der Waals surface area contributed by atoms with Gasteiger partial charge in [0.1, 0.15) is 22.1 Å². The summed E-state index contributed by atoms with van der Waals surface area (Å²) in [4.78, 5) is 8.90. The maximum Gasteiger partial charge on any atom is 0.137 e. The summed E-state index contributed by atoms with van der Waals surface area (Å²) >= 11 is 6.81. The first-order valence-corrected chi connectivity index (χ1v) is 8.07. The van der Waals surface area contributed by atoms with E-state index < -0.39 is 0 Å². The fourth-order valence-corrected chi connectivity index (χ4v) is 2.48. The van der Waals surface area contributed by atoms with Crippen LogP contribution < -0.4 is 5.32 Å². The zero-order valence-electron chi connectivity index (χ0n) is 12.0. The Morgan fingerprint density at radius 3 is 2.52 bits per heavy atom. The van der Waals surface area contributed by atoms with Crippen LogP contribution in [0.3, 0.4) is 0 Å². The van der Waals surface area contributed by atoms with Crippen LogP contribution >= 0.6 is 31.9 Å². The summed E-state index contributed by atoms with van der Waals surface area (Å²) in [5.74, 6) is 1.20. The predicted molar refractivity (Wildman–Crippen MR) is 89.9 cm³/mol. The van der Waals surface area contributed by atoms with E-state index in [1.807, 2.05) is 6.07 Å². The number of nitrogens with zero attached hydrogens (tertiary/aromatic N) is 2. The number of benzene rings is 1. The van der Waals surface area contributed by atoms with Gasteiger partial charge >= 0.3 is 0 Å². The third-order valence-electron chi connectivity index (χ3n) is 2.83. The summed E-state index contributed by atoms with van der Waals surface area (Å²) in [5.41, 5.74) is 0.696. The quantitative estimate of drug-likeness (QED) is 0.711. The minimum absolute atomic E-state index is 0.139. The Morgan fingerprint density at radius 1 is 1.14 bits per heavy atom. The van der Waals surface area contributed by atoms with Crippen LogP contribution in [0.2, 0.25) is 0 Å². The second-order valence-electron chi connectivity index (χ2n) is 5.74. The predicted octanol–water partition coefficient (Wildman–Crippen LogP) is 5.05. The number of anilines is 1. The van der Waals surface area contributed by atoms with Gasteiger partial charge in [-0.05, 0) is 39.7 Å². The average molecular weight is 417 g/mol. The minimum atomic E-state index is -0.255. The largest absolute Gasteiger partial charge is 0.366 e. The SMILES string of the molecule is CC(C)(C)c1nc(Br)cc(NCc2cc(F)ccc2Br)n1. The third kappa shape index (κ3) is 4.48. The van der Waals surface area contributed by atoms with E-state index in [9.17, 15) is 4.39 Å². The Hall–Kier alpha value is -1.01. The standard InChI is InChI=1S/C15H16Br2FN3/c1-15(2,3)14-20-12(17)7-13(21-14)19-8-9-6-10(18)4-5-11(9)16/h4-7H,8H2,1-3H3,(H,19,20,21). The summed E-state index contributed by atoms with van der Waals surface area (Å²) in [5, 5.41) is 3.20. The van der Waals surface area contributed by atoms with Crippen LogP contribution in [-0.4, -0.2) is 9.97 Å². The van der Waals surface area contributed by atoms with E-state index in [4.69, 9.17) is 0 Å². The molecule has 0 saturated heterocycles. The molecule has 0 unspecified atom stereocenters. The normalized spacial score (nSPS) is 11.5. The van der Waals surface area contributed by atoms with Crippen molar-refractivity contribution < 1.29 is 4.39 Å². The Bertz CT molecular complexity index is 654. The molecule has 0 radical (unpaired) electrons. The molecule has 0 aliphatic heterocycles. The first kappa shape index (κ1) is 16.4. The van der Waals surface area contributed by atoms with Gasteiger partial charge in [-0.1, -0.05) is 36.7 Å². The molecule has 0 aliphatic rings. The summed E-state index contributed by atoms with van der Waals surface area (Å²) in [6, 6.07) is 6.43. The molecule has 0 fully saturated rings. The summed E-state index contributed by atoms with van der Waals surface area (Å²) in [6.07, 6.45) is 0. The molecule has 0 spiro atoms. The molecular formula is C15H16Br2FN3. The molecule has 0 aliphatic carbocycles. The van der Waals surface area contributed by atoms with Gasteiger partial charge in [-0.25, -0.2) is 14.4 Å². The van der Waals surface area contributed by atoms with E-state index in [0.717, 1.165) is 20.5 Å². The molecule has 2 aromatic rings. The second kappa shape index (κ2) is 6.40. The molecule has 0 amide bonds. The van der Waals surface area contributed by atoms with Crippen LogP contribution in [0.1, 0.15) is 32.2 Å². The Morgan fingerprint density at radius 2 is 1.86 bits per heavy atom. The number of nitrogens with one attached hydrogen (secondary N) is 1. The Kier molecular flexibility index (Phi) is 4.99. The molecule has 112 valence electrons. The smallest absolute Gasteiger partial charge is 0.137 e. The van der Waals surface area contributed by atoms with Crippen molar-refractivity contribution in [1.29, 1.82) is 0 Å². The van der Waals surface area contributed by atoms with Gasteiger partial charge in [0.2, 0.25) is 0 Å². The van der Waals surface area contributed by atoms with E-state index in [0.29, 0.717) is 12.4 Å². The van der Waals surface area contributed by atoms with Gasteiger partial charge in [0.15, 0.2) is 0 Å². The Balaban J connectivity index is 2.20. The highest BCUT2D eigenvalue weighted by Gasteiger charge is 2.18. The van der Waals surface area contributed by atoms with Crippen molar-refractivity contribution in [1.82, 2.24) is 9.97 Å². The maximum absolute atomic E-state index is 13.3. The van der Waals surface area contributed by atoms with Crippen molar-refractivity contribution in [2.24, 2.45) is 0 Å². The molecule has 0 saturated carbocycles. The van der Waals surface area contributed by atoms with E-state index in [2.05, 4.69) is 67.9 Å². The third-order valence-corrected chi connectivity index (χ3v) is 4.01. The van der Waals surface area contributed by atoms with Crippen molar-refractivity contribution in [3.63, 3.8) is 0 Å². The molecule has 0 bridgehead atoms. The van der Waals surface area contributed by atoms with Crippen molar-refractivity contribution in [3.05, 3.63) is 50.5 Å². The Labute approximate surface area is 140 Å². The monoisotopic (exact) mass is 415 g/mol. The lowest BCUT2D eigenvalue weighted by Gasteiger charge is -2.18. The van der Waals surface area contributed by atoms with Crippen LogP contribution in [0, 0.1) is 5.82 Å². The fraction of sp³-hybridized carbons (Fsp3) is 0.333. The second-order valence-corrected chi connectivity index (χ2v) is 7.41. The molecule has 1 aromatic carbocycles. The van der Waals surface area contributed by atoms with Crippen LogP contribution in [0.4, 0.5) is 10.2 Å².